The minimum atomic E-state index is 0.789. The van der Waals surface area contributed by atoms with Crippen LogP contribution in [0.25, 0.3) is 0 Å². The van der Waals surface area contributed by atoms with Gasteiger partial charge < -0.3 is 10.2 Å². The Bertz CT molecular complexity index is 467. The quantitative estimate of drug-likeness (QED) is 0.842. The predicted molar refractivity (Wildman–Crippen MR) is 80.7 cm³/mol. The highest BCUT2D eigenvalue weighted by Crippen LogP contribution is 2.11. The fourth-order valence-corrected chi connectivity index (χ4v) is 2.44. The van der Waals surface area contributed by atoms with Crippen molar-refractivity contribution in [3.8, 4) is 0 Å². The lowest BCUT2D eigenvalue weighted by atomic mass is 10.3. The summed E-state index contributed by atoms with van der Waals surface area (Å²) in [6.07, 6.45) is 4.83. The van der Waals surface area contributed by atoms with E-state index in [9.17, 15) is 0 Å². The highest BCUT2D eigenvalue weighted by Gasteiger charge is 2.05. The first-order chi connectivity index (χ1) is 9.29. The molecule has 102 valence electrons. The molecule has 19 heavy (non-hydrogen) atoms. The van der Waals surface area contributed by atoms with Crippen LogP contribution >= 0.6 is 11.3 Å². The van der Waals surface area contributed by atoms with E-state index in [0.717, 1.165) is 37.6 Å². The molecule has 0 atom stereocenters. The number of likely N-dealkylation sites (N-methyl/N-ethyl adjacent to an activating group) is 1. The van der Waals surface area contributed by atoms with Gasteiger partial charge in [-0.1, -0.05) is 13.0 Å². The summed E-state index contributed by atoms with van der Waals surface area (Å²) in [5.74, 6) is 0.789. The minimum absolute atomic E-state index is 0.789. The lowest BCUT2D eigenvalue weighted by Crippen LogP contribution is -2.22. The largest absolute Gasteiger partial charge is 0.344 e. The van der Waals surface area contributed by atoms with Gasteiger partial charge in [-0.3, -0.25) is 0 Å². The highest BCUT2D eigenvalue weighted by molar-refractivity contribution is 7.09. The molecule has 0 bridgehead atoms. The normalized spacial score (nSPS) is 10.6. The standard InChI is InChI=1S/C14H20N4S/c1-3-15-9-12-10-16-14(17-11-12)18(2)7-6-13-5-4-8-19-13/h4-5,8,10-11,15H,3,6-7,9H2,1-2H3. The Morgan fingerprint density at radius 3 is 2.74 bits per heavy atom. The van der Waals surface area contributed by atoms with E-state index >= 15 is 0 Å². The first kappa shape index (κ1) is 14.0. The monoisotopic (exact) mass is 276 g/mol. The molecule has 0 amide bonds. The van der Waals surface area contributed by atoms with Crippen LogP contribution in [0.15, 0.2) is 29.9 Å². The van der Waals surface area contributed by atoms with E-state index in [-0.39, 0.29) is 0 Å². The molecule has 2 rings (SSSR count). The van der Waals surface area contributed by atoms with E-state index in [1.807, 2.05) is 19.4 Å². The summed E-state index contributed by atoms with van der Waals surface area (Å²) in [6.45, 7) is 4.82. The molecule has 0 aliphatic carbocycles. The second-order valence-corrected chi connectivity index (χ2v) is 5.45. The molecular weight excluding hydrogens is 256 g/mol. The third-order valence-electron chi connectivity index (χ3n) is 2.89. The number of nitrogens with zero attached hydrogens (tertiary/aromatic N) is 3. The molecule has 1 N–H and O–H groups in total. The van der Waals surface area contributed by atoms with Gasteiger partial charge >= 0.3 is 0 Å². The van der Waals surface area contributed by atoms with Gasteiger partial charge in [-0.25, -0.2) is 9.97 Å². The Balaban J connectivity index is 1.86. The van der Waals surface area contributed by atoms with Crippen LogP contribution in [0.4, 0.5) is 5.95 Å². The van der Waals surface area contributed by atoms with Crippen LogP contribution < -0.4 is 10.2 Å². The Hall–Kier alpha value is -1.46. The summed E-state index contributed by atoms with van der Waals surface area (Å²) >= 11 is 1.80. The van der Waals surface area contributed by atoms with Gasteiger partial charge in [0.2, 0.25) is 5.95 Å². The molecule has 5 heteroatoms. The van der Waals surface area contributed by atoms with Crippen molar-refractivity contribution >= 4 is 17.3 Å². The molecule has 4 nitrogen and oxygen atoms in total. The third-order valence-corrected chi connectivity index (χ3v) is 3.82. The Labute approximate surface area is 118 Å². The summed E-state index contributed by atoms with van der Waals surface area (Å²) in [5, 5.41) is 5.38. The van der Waals surface area contributed by atoms with E-state index in [1.54, 1.807) is 11.3 Å². The maximum absolute atomic E-state index is 4.41. The van der Waals surface area contributed by atoms with Crippen molar-refractivity contribution in [1.82, 2.24) is 15.3 Å². The number of aromatic nitrogens is 2. The number of thiophene rings is 1. The van der Waals surface area contributed by atoms with E-state index in [1.165, 1.54) is 4.88 Å². The van der Waals surface area contributed by atoms with Gasteiger partial charge in [-0.15, -0.1) is 11.3 Å². The predicted octanol–water partition coefficient (Wildman–Crippen LogP) is 2.33. The van der Waals surface area contributed by atoms with Gasteiger partial charge in [0, 0.05) is 43.0 Å². The van der Waals surface area contributed by atoms with Crippen LogP contribution in [0.3, 0.4) is 0 Å². The van der Waals surface area contributed by atoms with Crippen molar-refractivity contribution in [1.29, 1.82) is 0 Å². The Morgan fingerprint density at radius 1 is 1.32 bits per heavy atom. The zero-order valence-corrected chi connectivity index (χ0v) is 12.3. The van der Waals surface area contributed by atoms with Crippen LogP contribution in [0.5, 0.6) is 0 Å². The number of hydrogen-bond acceptors (Lipinski definition) is 5. The van der Waals surface area contributed by atoms with Gasteiger partial charge in [0.25, 0.3) is 0 Å². The van der Waals surface area contributed by atoms with Gasteiger partial charge in [0.1, 0.15) is 0 Å². The molecule has 0 radical (unpaired) electrons. The molecule has 0 aliphatic rings. The molecule has 0 spiro atoms. The van der Waals surface area contributed by atoms with Crippen molar-refractivity contribution < 1.29 is 0 Å². The SMILES string of the molecule is CCNCc1cnc(N(C)CCc2cccs2)nc1. The van der Waals surface area contributed by atoms with E-state index in [4.69, 9.17) is 0 Å². The summed E-state index contributed by atoms with van der Waals surface area (Å²) in [4.78, 5) is 12.3. The fourth-order valence-electron chi connectivity index (χ4n) is 1.74. The van der Waals surface area contributed by atoms with Crippen LogP contribution in [0.1, 0.15) is 17.4 Å². The molecule has 0 fully saturated rings. The van der Waals surface area contributed by atoms with Crippen molar-refractivity contribution in [2.75, 3.05) is 25.0 Å². The summed E-state index contributed by atoms with van der Waals surface area (Å²) in [5.41, 5.74) is 1.12. The molecule has 2 heterocycles. The van der Waals surface area contributed by atoms with Gasteiger partial charge in [0.05, 0.1) is 0 Å². The van der Waals surface area contributed by atoms with Crippen molar-refractivity contribution in [2.24, 2.45) is 0 Å². The van der Waals surface area contributed by atoms with E-state index in [2.05, 4.69) is 44.6 Å². The van der Waals surface area contributed by atoms with Gasteiger partial charge in [-0.2, -0.15) is 0 Å². The molecule has 0 unspecified atom stereocenters. The van der Waals surface area contributed by atoms with Crippen LogP contribution in [-0.4, -0.2) is 30.1 Å². The van der Waals surface area contributed by atoms with Gasteiger partial charge in [-0.05, 0) is 24.4 Å². The van der Waals surface area contributed by atoms with Crippen LogP contribution in [0, 0.1) is 0 Å². The maximum atomic E-state index is 4.41. The summed E-state index contributed by atoms with van der Waals surface area (Å²) < 4.78 is 0. The summed E-state index contributed by atoms with van der Waals surface area (Å²) in [6, 6.07) is 4.25. The molecule has 0 aromatic carbocycles. The van der Waals surface area contributed by atoms with Crippen molar-refractivity contribution in [3.63, 3.8) is 0 Å². The number of hydrogen-bond donors (Lipinski definition) is 1. The first-order valence-electron chi connectivity index (χ1n) is 6.54. The third kappa shape index (κ3) is 4.29. The highest BCUT2D eigenvalue weighted by atomic mass is 32.1. The lowest BCUT2D eigenvalue weighted by molar-refractivity contribution is 0.719. The zero-order valence-electron chi connectivity index (χ0n) is 11.5. The van der Waals surface area contributed by atoms with Gasteiger partial charge in [0.15, 0.2) is 0 Å². The van der Waals surface area contributed by atoms with E-state index in [0.29, 0.717) is 0 Å². The summed E-state index contributed by atoms with van der Waals surface area (Å²) in [7, 11) is 2.03. The first-order valence-corrected chi connectivity index (χ1v) is 7.42. The minimum Gasteiger partial charge on any atom is -0.344 e. The number of nitrogens with one attached hydrogen (secondary N) is 1. The maximum Gasteiger partial charge on any atom is 0.225 e. The second-order valence-electron chi connectivity index (χ2n) is 4.42. The zero-order chi connectivity index (χ0) is 13.5. The molecule has 0 saturated carbocycles. The van der Waals surface area contributed by atoms with Crippen molar-refractivity contribution in [2.45, 2.75) is 19.9 Å². The molecule has 2 aromatic heterocycles. The lowest BCUT2D eigenvalue weighted by Gasteiger charge is -2.16. The van der Waals surface area contributed by atoms with Crippen molar-refractivity contribution in [3.05, 3.63) is 40.3 Å². The molecule has 0 saturated heterocycles. The van der Waals surface area contributed by atoms with Crippen LogP contribution in [-0.2, 0) is 13.0 Å². The number of rotatable bonds is 7. The Kier molecular flexibility index (Phi) is 5.30. The van der Waals surface area contributed by atoms with E-state index < -0.39 is 0 Å². The second kappa shape index (κ2) is 7.21. The smallest absolute Gasteiger partial charge is 0.225 e. The fraction of sp³-hybridized carbons (Fsp3) is 0.429. The van der Waals surface area contributed by atoms with Crippen LogP contribution in [0.2, 0.25) is 0 Å². The molecular formula is C14H20N4S. The average Bonchev–Trinajstić information content (AvgIpc) is 2.96. The topological polar surface area (TPSA) is 41.1 Å². The Morgan fingerprint density at radius 2 is 2.11 bits per heavy atom. The number of anilines is 1. The molecule has 2 aromatic rings. The molecule has 0 aliphatic heterocycles. The average molecular weight is 276 g/mol.